The average molecular weight is 395 g/mol. The number of rotatable bonds is 4. The van der Waals surface area contributed by atoms with Crippen molar-refractivity contribution in [2.45, 2.75) is 13.0 Å². The fraction of sp³-hybridized carbons (Fsp3) is 0.0909. The van der Waals surface area contributed by atoms with Crippen LogP contribution in [0.25, 0.3) is 22.3 Å². The Morgan fingerprint density at radius 2 is 1.79 bits per heavy atom. The van der Waals surface area contributed by atoms with Crippen molar-refractivity contribution in [2.75, 3.05) is 0 Å². The van der Waals surface area contributed by atoms with E-state index in [1.54, 1.807) is 54.6 Å². The second-order valence-corrected chi connectivity index (χ2v) is 6.85. The number of para-hydroxylation sites is 1. The van der Waals surface area contributed by atoms with Crippen LogP contribution in [0.2, 0.25) is 5.02 Å². The van der Waals surface area contributed by atoms with Crippen LogP contribution in [-0.2, 0) is 13.0 Å². The summed E-state index contributed by atoms with van der Waals surface area (Å²) in [6, 6.07) is 18.0. The number of fused-ring (bicyclic) bond motifs is 1. The van der Waals surface area contributed by atoms with Crippen molar-refractivity contribution in [1.82, 2.24) is 9.55 Å². The summed E-state index contributed by atoms with van der Waals surface area (Å²) in [5.74, 6) is 0.0214. The van der Waals surface area contributed by atoms with Crippen LogP contribution in [0.15, 0.2) is 71.5 Å². The Morgan fingerprint density at radius 3 is 2.57 bits per heavy atom. The molecule has 1 aromatic heterocycles. The molecule has 0 aliphatic heterocycles. The van der Waals surface area contributed by atoms with Crippen LogP contribution in [0.3, 0.4) is 0 Å². The van der Waals surface area contributed by atoms with E-state index >= 15 is 0 Å². The predicted molar refractivity (Wildman–Crippen MR) is 108 cm³/mol. The average Bonchev–Trinajstić information content (AvgIpc) is 2.69. The molecule has 0 saturated heterocycles. The zero-order chi connectivity index (χ0) is 19.7. The standard InChI is InChI=1S/C22H16ClFN2O2/c23-15-9-10-19-17(13-15)22(28)26(12-11-14-5-1-3-7-18(14)24)21(25-19)16-6-2-4-8-20(16)27/h1-10,13,27H,11-12H2. The molecular weight excluding hydrogens is 379 g/mol. The van der Waals surface area contributed by atoms with Crippen molar-refractivity contribution in [1.29, 1.82) is 0 Å². The number of aryl methyl sites for hydroxylation is 1. The molecular formula is C22H16ClFN2O2. The second kappa shape index (κ2) is 7.44. The molecule has 0 atom stereocenters. The molecule has 0 bridgehead atoms. The topological polar surface area (TPSA) is 55.1 Å². The summed E-state index contributed by atoms with van der Waals surface area (Å²) >= 11 is 6.05. The molecule has 0 aliphatic carbocycles. The molecule has 1 N–H and O–H groups in total. The van der Waals surface area contributed by atoms with E-state index in [1.165, 1.54) is 16.7 Å². The monoisotopic (exact) mass is 394 g/mol. The number of hydrogen-bond donors (Lipinski definition) is 1. The van der Waals surface area contributed by atoms with Gasteiger partial charge in [-0.15, -0.1) is 0 Å². The Labute approximate surface area is 165 Å². The number of benzene rings is 3. The van der Waals surface area contributed by atoms with Crippen LogP contribution in [0.5, 0.6) is 5.75 Å². The van der Waals surface area contributed by atoms with E-state index in [0.717, 1.165) is 0 Å². The molecule has 6 heteroatoms. The highest BCUT2D eigenvalue weighted by Gasteiger charge is 2.16. The van der Waals surface area contributed by atoms with Crippen molar-refractivity contribution in [3.8, 4) is 17.1 Å². The van der Waals surface area contributed by atoms with Gasteiger partial charge in [-0.25, -0.2) is 9.37 Å². The normalized spacial score (nSPS) is 11.1. The predicted octanol–water partition coefficient (Wildman–Crippen LogP) is 4.80. The first-order chi connectivity index (χ1) is 13.5. The van der Waals surface area contributed by atoms with E-state index in [0.29, 0.717) is 39.3 Å². The minimum atomic E-state index is -0.323. The molecule has 0 spiro atoms. The largest absolute Gasteiger partial charge is 0.507 e. The van der Waals surface area contributed by atoms with Crippen molar-refractivity contribution in [3.63, 3.8) is 0 Å². The number of phenolic OH excluding ortho intramolecular Hbond substituents is 1. The van der Waals surface area contributed by atoms with Gasteiger partial charge in [0.25, 0.3) is 5.56 Å². The van der Waals surface area contributed by atoms with Crippen molar-refractivity contribution in [3.05, 3.63) is 93.5 Å². The van der Waals surface area contributed by atoms with Crippen molar-refractivity contribution in [2.24, 2.45) is 0 Å². The molecule has 1 heterocycles. The fourth-order valence-electron chi connectivity index (χ4n) is 3.20. The molecule has 0 unspecified atom stereocenters. The van der Waals surface area contributed by atoms with Gasteiger partial charge >= 0.3 is 0 Å². The molecule has 0 fully saturated rings. The van der Waals surface area contributed by atoms with E-state index in [9.17, 15) is 14.3 Å². The minimum absolute atomic E-state index is 0.0161. The first-order valence-electron chi connectivity index (χ1n) is 8.76. The van der Waals surface area contributed by atoms with Crippen LogP contribution in [0.4, 0.5) is 4.39 Å². The Balaban J connectivity index is 1.90. The first kappa shape index (κ1) is 18.2. The van der Waals surface area contributed by atoms with Gasteiger partial charge < -0.3 is 5.11 Å². The Bertz CT molecular complexity index is 1240. The van der Waals surface area contributed by atoms with E-state index in [-0.39, 0.29) is 23.7 Å². The van der Waals surface area contributed by atoms with Crippen LogP contribution >= 0.6 is 11.6 Å². The van der Waals surface area contributed by atoms with E-state index < -0.39 is 0 Å². The molecule has 0 amide bonds. The van der Waals surface area contributed by atoms with Crippen LogP contribution in [-0.4, -0.2) is 14.7 Å². The number of nitrogens with zero attached hydrogens (tertiary/aromatic N) is 2. The smallest absolute Gasteiger partial charge is 0.261 e. The summed E-state index contributed by atoms with van der Waals surface area (Å²) in [6.07, 6.45) is 0.306. The summed E-state index contributed by atoms with van der Waals surface area (Å²) < 4.78 is 15.5. The number of phenols is 1. The third kappa shape index (κ3) is 3.37. The van der Waals surface area contributed by atoms with Crippen LogP contribution < -0.4 is 5.56 Å². The van der Waals surface area contributed by atoms with E-state index in [4.69, 9.17) is 11.6 Å². The molecule has 4 aromatic rings. The number of halogens is 2. The highest BCUT2D eigenvalue weighted by molar-refractivity contribution is 6.31. The van der Waals surface area contributed by atoms with Gasteiger partial charge in [-0.1, -0.05) is 41.9 Å². The lowest BCUT2D eigenvalue weighted by molar-refractivity contribution is 0.476. The minimum Gasteiger partial charge on any atom is -0.507 e. The van der Waals surface area contributed by atoms with E-state index in [2.05, 4.69) is 4.98 Å². The Morgan fingerprint density at radius 1 is 1.04 bits per heavy atom. The van der Waals surface area contributed by atoms with Gasteiger partial charge in [0.1, 0.15) is 17.4 Å². The molecule has 4 rings (SSSR count). The summed E-state index contributed by atoms with van der Waals surface area (Å²) in [7, 11) is 0. The van der Waals surface area contributed by atoms with Crippen molar-refractivity contribution >= 4 is 22.5 Å². The van der Waals surface area contributed by atoms with Gasteiger partial charge in [0.15, 0.2) is 0 Å². The van der Waals surface area contributed by atoms with Gasteiger partial charge in [0, 0.05) is 11.6 Å². The molecule has 0 radical (unpaired) electrons. The van der Waals surface area contributed by atoms with Gasteiger partial charge in [0.2, 0.25) is 0 Å². The number of hydrogen-bond acceptors (Lipinski definition) is 3. The van der Waals surface area contributed by atoms with Gasteiger partial charge in [0.05, 0.1) is 16.5 Å². The second-order valence-electron chi connectivity index (χ2n) is 6.41. The van der Waals surface area contributed by atoms with Crippen molar-refractivity contribution < 1.29 is 9.50 Å². The Hall–Kier alpha value is -3.18. The molecule has 4 nitrogen and oxygen atoms in total. The van der Waals surface area contributed by atoms with Gasteiger partial charge in [-0.3, -0.25) is 9.36 Å². The number of aromatic nitrogens is 2. The van der Waals surface area contributed by atoms with Crippen LogP contribution in [0.1, 0.15) is 5.56 Å². The lowest BCUT2D eigenvalue weighted by Gasteiger charge is -2.15. The summed E-state index contributed by atoms with van der Waals surface area (Å²) in [6.45, 7) is 0.207. The third-order valence-electron chi connectivity index (χ3n) is 4.62. The molecule has 0 aliphatic rings. The maximum absolute atomic E-state index is 14.0. The van der Waals surface area contributed by atoms with Crippen LogP contribution in [0, 0.1) is 5.82 Å². The lowest BCUT2D eigenvalue weighted by Crippen LogP contribution is -2.24. The summed E-state index contributed by atoms with van der Waals surface area (Å²) in [4.78, 5) is 17.8. The third-order valence-corrected chi connectivity index (χ3v) is 4.86. The number of aromatic hydroxyl groups is 1. The maximum Gasteiger partial charge on any atom is 0.261 e. The Kier molecular flexibility index (Phi) is 4.84. The molecule has 140 valence electrons. The first-order valence-corrected chi connectivity index (χ1v) is 9.14. The summed E-state index contributed by atoms with van der Waals surface area (Å²) in [5.41, 5.74) is 1.13. The molecule has 28 heavy (non-hydrogen) atoms. The summed E-state index contributed by atoms with van der Waals surface area (Å²) in [5, 5.41) is 11.1. The molecule has 0 saturated carbocycles. The highest BCUT2D eigenvalue weighted by Crippen LogP contribution is 2.28. The maximum atomic E-state index is 14.0. The van der Waals surface area contributed by atoms with Gasteiger partial charge in [-0.05, 0) is 48.4 Å². The quantitative estimate of drug-likeness (QED) is 0.540. The highest BCUT2D eigenvalue weighted by atomic mass is 35.5. The lowest BCUT2D eigenvalue weighted by atomic mass is 10.1. The van der Waals surface area contributed by atoms with Gasteiger partial charge in [-0.2, -0.15) is 0 Å². The zero-order valence-electron chi connectivity index (χ0n) is 14.8. The SMILES string of the molecule is O=c1c2cc(Cl)ccc2nc(-c2ccccc2O)n1CCc1ccccc1F. The zero-order valence-corrected chi connectivity index (χ0v) is 15.5. The fourth-order valence-corrected chi connectivity index (χ4v) is 3.37. The van der Waals surface area contributed by atoms with E-state index in [1.807, 2.05) is 0 Å². The molecule has 3 aromatic carbocycles.